The number of urea groups is 1. The highest BCUT2D eigenvalue weighted by molar-refractivity contribution is 6.51. The Morgan fingerprint density at radius 3 is 2.11 bits per heavy atom. The average molecular weight is 804 g/mol. The van der Waals surface area contributed by atoms with Gasteiger partial charge in [0.05, 0.1) is 12.6 Å². The van der Waals surface area contributed by atoms with Crippen LogP contribution in [0.1, 0.15) is 104 Å². The first-order valence-electron chi connectivity index (χ1n) is 19.7. The normalized spacial score (nSPS) is 23.6. The fraction of sp³-hybridized carbons (Fsp3) is 0.675. The van der Waals surface area contributed by atoms with E-state index >= 15 is 0 Å². The van der Waals surface area contributed by atoms with Crippen LogP contribution in [-0.4, -0.2) is 87.2 Å². The Kier molecular flexibility index (Phi) is 13.6. The molecule has 6 amide bonds. The number of rotatable bonds is 15. The van der Waals surface area contributed by atoms with Crippen molar-refractivity contribution in [3.8, 4) is 0 Å². The number of hydrogen-bond donors (Lipinski definition) is 5. The molecule has 3 saturated carbocycles. The SMILES string of the molecule is CC(C)C(=O)[C@@H](NC(=O)CNC(=O)C(=O)C(CC1CCC1)NC(=O)[C@@H]1[C@@H]2[C@H](CN1C(=O)[C@@H](NC(=O)NC(C)(C)C)C1CCCCC1)C2(Cl)Cl)c1ccccc1. The van der Waals surface area contributed by atoms with Crippen LogP contribution in [0.2, 0.25) is 0 Å². The monoisotopic (exact) mass is 802 g/mol. The van der Waals surface area contributed by atoms with Crippen molar-refractivity contribution in [3.05, 3.63) is 35.9 Å². The molecule has 55 heavy (non-hydrogen) atoms. The van der Waals surface area contributed by atoms with Crippen molar-refractivity contribution < 1.29 is 33.6 Å². The number of halogens is 2. The number of Topliss-reactive ketones (excluding diaryl/α,β-unsaturated/α-hetero) is 2. The molecule has 0 radical (unpaired) electrons. The van der Waals surface area contributed by atoms with Crippen molar-refractivity contribution in [1.29, 1.82) is 0 Å². The summed E-state index contributed by atoms with van der Waals surface area (Å²) in [6, 6.07) is 4.05. The Morgan fingerprint density at radius 2 is 1.53 bits per heavy atom. The maximum absolute atomic E-state index is 14.4. The molecule has 1 aromatic carbocycles. The van der Waals surface area contributed by atoms with Crippen LogP contribution in [0.25, 0.3) is 0 Å². The summed E-state index contributed by atoms with van der Waals surface area (Å²) in [6.45, 7) is 8.50. The number of carbonyl (C=O) groups excluding carboxylic acids is 7. The first-order valence-corrected chi connectivity index (χ1v) is 20.4. The summed E-state index contributed by atoms with van der Waals surface area (Å²) in [5, 5.41) is 13.6. The van der Waals surface area contributed by atoms with Crippen molar-refractivity contribution >= 4 is 64.4 Å². The Bertz CT molecular complexity index is 1620. The number of fused-ring (bicyclic) bond motifs is 1. The summed E-state index contributed by atoms with van der Waals surface area (Å²) >= 11 is 13.3. The van der Waals surface area contributed by atoms with E-state index in [9.17, 15) is 33.6 Å². The van der Waals surface area contributed by atoms with Gasteiger partial charge >= 0.3 is 6.03 Å². The largest absolute Gasteiger partial charge is 0.344 e. The molecule has 15 heteroatoms. The van der Waals surface area contributed by atoms with Gasteiger partial charge in [0, 0.05) is 29.8 Å². The summed E-state index contributed by atoms with van der Waals surface area (Å²) < 4.78 is -1.26. The lowest BCUT2D eigenvalue weighted by atomic mass is 9.80. The molecule has 302 valence electrons. The molecule has 1 saturated heterocycles. The van der Waals surface area contributed by atoms with E-state index in [0.29, 0.717) is 5.56 Å². The number of piperidine rings is 1. The van der Waals surface area contributed by atoms with Gasteiger partial charge in [-0.25, -0.2) is 4.79 Å². The number of hydrogen-bond acceptors (Lipinski definition) is 7. The molecule has 5 rings (SSSR count). The van der Waals surface area contributed by atoms with Gasteiger partial charge in [-0.15, -0.1) is 23.2 Å². The second kappa shape index (κ2) is 17.6. The molecular weight excluding hydrogens is 747 g/mol. The van der Waals surface area contributed by atoms with Gasteiger partial charge in [0.15, 0.2) is 5.78 Å². The molecule has 5 N–H and O–H groups in total. The van der Waals surface area contributed by atoms with Gasteiger partial charge in [0.25, 0.3) is 5.91 Å². The molecule has 4 fully saturated rings. The Morgan fingerprint density at radius 1 is 0.873 bits per heavy atom. The van der Waals surface area contributed by atoms with Gasteiger partial charge in [-0.3, -0.25) is 28.8 Å². The molecule has 13 nitrogen and oxygen atoms in total. The van der Waals surface area contributed by atoms with Crippen LogP contribution < -0.4 is 26.6 Å². The lowest BCUT2D eigenvalue weighted by Gasteiger charge is -2.37. The van der Waals surface area contributed by atoms with Crippen molar-refractivity contribution in [1.82, 2.24) is 31.5 Å². The summed E-state index contributed by atoms with van der Waals surface area (Å²) in [5.74, 6) is -5.37. The van der Waals surface area contributed by atoms with Gasteiger partial charge in [-0.05, 0) is 57.4 Å². The van der Waals surface area contributed by atoms with E-state index in [2.05, 4.69) is 26.6 Å². The number of amides is 6. The predicted octanol–water partition coefficient (Wildman–Crippen LogP) is 4.11. The van der Waals surface area contributed by atoms with E-state index in [1.54, 1.807) is 44.2 Å². The highest BCUT2D eigenvalue weighted by atomic mass is 35.5. The van der Waals surface area contributed by atoms with Crippen LogP contribution in [0.5, 0.6) is 0 Å². The highest BCUT2D eigenvalue weighted by Crippen LogP contribution is 2.65. The van der Waals surface area contributed by atoms with Gasteiger partial charge in [0.1, 0.15) is 22.5 Å². The second-order valence-electron chi connectivity index (χ2n) is 17.1. The van der Waals surface area contributed by atoms with Crippen LogP contribution in [0.4, 0.5) is 4.79 Å². The number of ketones is 2. The van der Waals surface area contributed by atoms with Gasteiger partial charge in [0.2, 0.25) is 23.5 Å². The molecule has 0 spiro atoms. The number of likely N-dealkylation sites (tertiary alicyclic amines) is 1. The predicted molar refractivity (Wildman–Crippen MR) is 208 cm³/mol. The van der Waals surface area contributed by atoms with Gasteiger partial charge in [-0.2, -0.15) is 0 Å². The fourth-order valence-corrected chi connectivity index (χ4v) is 8.97. The Hall–Kier alpha value is -3.71. The van der Waals surface area contributed by atoms with E-state index in [0.717, 1.165) is 51.4 Å². The summed E-state index contributed by atoms with van der Waals surface area (Å²) in [6.07, 6.45) is 7.15. The minimum absolute atomic E-state index is 0.0929. The van der Waals surface area contributed by atoms with Crippen molar-refractivity contribution in [3.63, 3.8) is 0 Å². The minimum atomic E-state index is -1.26. The van der Waals surface area contributed by atoms with Crippen LogP contribution in [0, 0.1) is 29.6 Å². The standard InChI is InChI=1S/C40H56Cl2N6O7/c1-22(2)33(50)30(24-15-8-6-9-16-24)45-28(49)20-43-36(53)34(51)27(19-23-13-12-14-23)44-35(52)32-29-26(40(29,41)42)21-48(32)37(54)31(25-17-10-7-11-18-25)46-38(55)47-39(3,4)5/h6,8-9,15-16,22-23,25-27,29-32H,7,10-14,17-21H2,1-5H3,(H,43,53)(H,44,52)(H,45,49)(H2,46,47,55)/t26-,27?,29-,30-,31-,32-/m0/s1. The Balaban J connectivity index is 1.29. The maximum atomic E-state index is 14.4. The molecule has 1 heterocycles. The highest BCUT2D eigenvalue weighted by Gasteiger charge is 2.74. The second-order valence-corrected chi connectivity index (χ2v) is 18.5. The zero-order chi connectivity index (χ0) is 40.2. The van der Waals surface area contributed by atoms with Gasteiger partial charge < -0.3 is 31.5 Å². The zero-order valence-electron chi connectivity index (χ0n) is 32.4. The minimum Gasteiger partial charge on any atom is -0.344 e. The van der Waals surface area contributed by atoms with E-state index in [1.165, 1.54) is 4.90 Å². The Labute approximate surface area is 333 Å². The first kappa shape index (κ1) is 42.4. The van der Waals surface area contributed by atoms with E-state index < -0.39 is 87.9 Å². The molecule has 3 aliphatic carbocycles. The fourth-order valence-electron chi connectivity index (χ4n) is 8.14. The molecule has 0 aromatic heterocycles. The number of benzene rings is 1. The molecule has 4 aliphatic rings. The summed E-state index contributed by atoms with van der Waals surface area (Å²) in [5.41, 5.74) is 0.0401. The number of alkyl halides is 2. The third-order valence-corrected chi connectivity index (χ3v) is 12.5. The van der Waals surface area contributed by atoms with Gasteiger partial charge in [-0.1, -0.05) is 82.7 Å². The third kappa shape index (κ3) is 10.4. The zero-order valence-corrected chi connectivity index (χ0v) is 33.9. The van der Waals surface area contributed by atoms with E-state index in [-0.39, 0.29) is 36.5 Å². The number of nitrogens with one attached hydrogen (secondary N) is 5. The van der Waals surface area contributed by atoms with Crippen LogP contribution in [0.3, 0.4) is 0 Å². The van der Waals surface area contributed by atoms with Crippen LogP contribution >= 0.6 is 23.2 Å². The van der Waals surface area contributed by atoms with Crippen molar-refractivity contribution in [2.75, 3.05) is 13.1 Å². The van der Waals surface area contributed by atoms with Crippen molar-refractivity contribution in [2.24, 2.45) is 29.6 Å². The average Bonchev–Trinajstić information content (AvgIpc) is 3.41. The van der Waals surface area contributed by atoms with Crippen LogP contribution in [0.15, 0.2) is 30.3 Å². The topological polar surface area (TPSA) is 183 Å². The first-order chi connectivity index (χ1) is 25.9. The lowest BCUT2D eigenvalue weighted by molar-refractivity contribution is -0.144. The molecular formula is C40H56Cl2N6O7. The molecule has 1 aromatic rings. The number of carbonyl (C=O) groups is 7. The van der Waals surface area contributed by atoms with E-state index in [1.807, 2.05) is 20.8 Å². The lowest BCUT2D eigenvalue weighted by Crippen LogP contribution is -2.61. The van der Waals surface area contributed by atoms with E-state index in [4.69, 9.17) is 23.2 Å². The third-order valence-electron chi connectivity index (χ3n) is 11.4. The maximum Gasteiger partial charge on any atom is 0.315 e. The molecule has 1 aliphatic heterocycles. The number of nitrogens with zero attached hydrogens (tertiary/aromatic N) is 1. The van der Waals surface area contributed by atoms with Crippen LogP contribution in [-0.2, 0) is 28.8 Å². The summed E-state index contributed by atoms with van der Waals surface area (Å²) in [4.78, 5) is 96.1. The smallest absolute Gasteiger partial charge is 0.315 e. The quantitative estimate of drug-likeness (QED) is 0.131. The summed E-state index contributed by atoms with van der Waals surface area (Å²) in [7, 11) is 0. The molecule has 6 atom stereocenters. The molecule has 1 unspecified atom stereocenters. The molecule has 0 bridgehead atoms. The van der Waals surface area contributed by atoms with Crippen molar-refractivity contribution in [2.45, 2.75) is 126 Å².